The molecular weight excluding hydrogens is 196 g/mol. The smallest absolute Gasteiger partial charge is 0.120 e. The van der Waals surface area contributed by atoms with E-state index in [0.717, 1.165) is 19.1 Å². The molecule has 14 heavy (non-hydrogen) atoms. The maximum absolute atomic E-state index is 10.4. The van der Waals surface area contributed by atoms with Gasteiger partial charge in [-0.15, -0.1) is 0 Å². The molecule has 2 atom stereocenters. The van der Waals surface area contributed by atoms with Crippen molar-refractivity contribution in [2.45, 2.75) is 45.1 Å². The van der Waals surface area contributed by atoms with E-state index in [0.29, 0.717) is 18.4 Å². The molecule has 0 radical (unpaired) electrons. The number of rotatable bonds is 5. The Kier molecular flexibility index (Phi) is 5.96. The monoisotopic (exact) mass is 214 g/mol. The van der Waals surface area contributed by atoms with E-state index in [1.807, 2.05) is 18.4 Å². The molecule has 0 spiro atoms. The molecule has 0 aromatic rings. The molecule has 0 heterocycles. The van der Waals surface area contributed by atoms with E-state index in [9.17, 15) is 4.79 Å². The van der Waals surface area contributed by atoms with Gasteiger partial charge in [0, 0.05) is 18.5 Å². The molecule has 0 aromatic carbocycles. The predicted octanol–water partition coefficient (Wildman–Crippen LogP) is 3.33. The quantitative estimate of drug-likeness (QED) is 0.518. The SMILES string of the molecule is C/C=C/SOC1CCCC(CC=O)C1. The van der Waals surface area contributed by atoms with Crippen LogP contribution in [0.25, 0.3) is 0 Å². The molecule has 0 bridgehead atoms. The van der Waals surface area contributed by atoms with Gasteiger partial charge in [0.05, 0.1) is 6.10 Å². The first kappa shape index (κ1) is 11.8. The van der Waals surface area contributed by atoms with Crippen molar-refractivity contribution in [3.8, 4) is 0 Å². The van der Waals surface area contributed by atoms with Gasteiger partial charge < -0.3 is 8.98 Å². The molecule has 2 nitrogen and oxygen atoms in total. The third-order valence-electron chi connectivity index (χ3n) is 2.55. The Labute approximate surface area is 90.3 Å². The Bertz CT molecular complexity index is 192. The van der Waals surface area contributed by atoms with Crippen molar-refractivity contribution < 1.29 is 8.98 Å². The predicted molar refractivity (Wildman–Crippen MR) is 59.9 cm³/mol. The number of hydrogen-bond donors (Lipinski definition) is 0. The summed E-state index contributed by atoms with van der Waals surface area (Å²) in [6, 6.07) is 0. The van der Waals surface area contributed by atoms with E-state index in [1.165, 1.54) is 24.9 Å². The van der Waals surface area contributed by atoms with Gasteiger partial charge in [0.15, 0.2) is 0 Å². The van der Waals surface area contributed by atoms with Crippen LogP contribution in [-0.2, 0) is 8.98 Å². The summed E-state index contributed by atoms with van der Waals surface area (Å²) in [5, 5.41) is 1.95. The minimum absolute atomic E-state index is 0.342. The fraction of sp³-hybridized carbons (Fsp3) is 0.727. The lowest BCUT2D eigenvalue weighted by Crippen LogP contribution is -2.21. The first-order chi connectivity index (χ1) is 6.86. The number of aldehydes is 1. The lowest BCUT2D eigenvalue weighted by atomic mass is 9.86. The van der Waals surface area contributed by atoms with Crippen molar-refractivity contribution in [2.75, 3.05) is 0 Å². The summed E-state index contributed by atoms with van der Waals surface area (Å²) < 4.78 is 5.61. The Morgan fingerprint density at radius 2 is 2.36 bits per heavy atom. The van der Waals surface area contributed by atoms with E-state index in [1.54, 1.807) is 0 Å². The van der Waals surface area contributed by atoms with Crippen LogP contribution in [0.3, 0.4) is 0 Å². The summed E-state index contributed by atoms with van der Waals surface area (Å²) >= 11 is 1.41. The molecule has 2 unspecified atom stereocenters. The van der Waals surface area contributed by atoms with Crippen LogP contribution in [0.4, 0.5) is 0 Å². The van der Waals surface area contributed by atoms with Crippen LogP contribution >= 0.6 is 12.0 Å². The minimum atomic E-state index is 0.342. The lowest BCUT2D eigenvalue weighted by Gasteiger charge is -2.26. The van der Waals surface area contributed by atoms with Gasteiger partial charge in [0.25, 0.3) is 0 Å². The Morgan fingerprint density at radius 1 is 1.50 bits per heavy atom. The van der Waals surface area contributed by atoms with Crippen LogP contribution in [0, 0.1) is 5.92 Å². The molecule has 0 saturated heterocycles. The summed E-state index contributed by atoms with van der Waals surface area (Å²) in [6.45, 7) is 1.98. The van der Waals surface area contributed by atoms with Crippen LogP contribution in [0.15, 0.2) is 11.5 Å². The van der Waals surface area contributed by atoms with E-state index < -0.39 is 0 Å². The summed E-state index contributed by atoms with van der Waals surface area (Å²) in [4.78, 5) is 10.4. The van der Waals surface area contributed by atoms with Gasteiger partial charge in [-0.05, 0) is 37.5 Å². The fourth-order valence-electron chi connectivity index (χ4n) is 1.85. The molecule has 0 amide bonds. The first-order valence-electron chi connectivity index (χ1n) is 5.23. The molecule has 3 heteroatoms. The van der Waals surface area contributed by atoms with Crippen molar-refractivity contribution in [1.82, 2.24) is 0 Å². The van der Waals surface area contributed by atoms with Crippen molar-refractivity contribution >= 4 is 18.3 Å². The average Bonchev–Trinajstić information content (AvgIpc) is 2.19. The Morgan fingerprint density at radius 3 is 3.07 bits per heavy atom. The molecular formula is C11H18O2S. The van der Waals surface area contributed by atoms with Crippen LogP contribution in [-0.4, -0.2) is 12.4 Å². The van der Waals surface area contributed by atoms with Gasteiger partial charge >= 0.3 is 0 Å². The Hall–Kier alpha value is -0.280. The normalized spacial score (nSPS) is 28.1. The maximum atomic E-state index is 10.4. The van der Waals surface area contributed by atoms with Gasteiger partial charge in [-0.3, -0.25) is 0 Å². The van der Waals surface area contributed by atoms with Crippen molar-refractivity contribution in [1.29, 1.82) is 0 Å². The molecule has 1 saturated carbocycles. The number of hydrogen-bond acceptors (Lipinski definition) is 3. The molecule has 1 aliphatic rings. The zero-order valence-corrected chi connectivity index (χ0v) is 9.46. The Balaban J connectivity index is 2.21. The van der Waals surface area contributed by atoms with Gasteiger partial charge in [0.1, 0.15) is 6.29 Å². The topological polar surface area (TPSA) is 26.3 Å². The third kappa shape index (κ3) is 4.29. The van der Waals surface area contributed by atoms with E-state index in [-0.39, 0.29) is 0 Å². The lowest BCUT2D eigenvalue weighted by molar-refractivity contribution is -0.109. The van der Waals surface area contributed by atoms with Crippen molar-refractivity contribution in [3.63, 3.8) is 0 Å². The number of carbonyl (C=O) groups is 1. The molecule has 1 fully saturated rings. The third-order valence-corrected chi connectivity index (χ3v) is 3.31. The van der Waals surface area contributed by atoms with E-state index in [2.05, 4.69) is 0 Å². The zero-order chi connectivity index (χ0) is 10.2. The minimum Gasteiger partial charge on any atom is -0.308 e. The number of carbonyl (C=O) groups excluding carboxylic acids is 1. The molecule has 0 N–H and O–H groups in total. The second-order valence-corrected chi connectivity index (χ2v) is 4.38. The van der Waals surface area contributed by atoms with Crippen LogP contribution in [0.1, 0.15) is 39.0 Å². The van der Waals surface area contributed by atoms with Gasteiger partial charge in [-0.2, -0.15) is 0 Å². The molecule has 1 aliphatic carbocycles. The van der Waals surface area contributed by atoms with Crippen LogP contribution in [0.2, 0.25) is 0 Å². The summed E-state index contributed by atoms with van der Waals surface area (Å²) in [7, 11) is 0. The zero-order valence-electron chi connectivity index (χ0n) is 8.65. The van der Waals surface area contributed by atoms with Gasteiger partial charge in [-0.25, -0.2) is 0 Å². The maximum Gasteiger partial charge on any atom is 0.120 e. The van der Waals surface area contributed by atoms with Crippen molar-refractivity contribution in [3.05, 3.63) is 11.5 Å². The fourth-order valence-corrected chi connectivity index (χ4v) is 2.35. The van der Waals surface area contributed by atoms with E-state index in [4.69, 9.17) is 4.18 Å². The van der Waals surface area contributed by atoms with Gasteiger partial charge in [-0.1, -0.05) is 12.5 Å². The molecule has 1 rings (SSSR count). The second-order valence-electron chi connectivity index (χ2n) is 3.72. The molecule has 0 aliphatic heterocycles. The highest BCUT2D eigenvalue weighted by Crippen LogP contribution is 2.30. The molecule has 80 valence electrons. The van der Waals surface area contributed by atoms with Crippen molar-refractivity contribution in [2.24, 2.45) is 5.92 Å². The van der Waals surface area contributed by atoms with E-state index >= 15 is 0 Å². The highest BCUT2D eigenvalue weighted by atomic mass is 32.2. The average molecular weight is 214 g/mol. The summed E-state index contributed by atoms with van der Waals surface area (Å²) in [5.74, 6) is 0.553. The largest absolute Gasteiger partial charge is 0.308 e. The van der Waals surface area contributed by atoms with Crippen LogP contribution < -0.4 is 0 Å². The van der Waals surface area contributed by atoms with Gasteiger partial charge in [0.2, 0.25) is 0 Å². The summed E-state index contributed by atoms with van der Waals surface area (Å²) in [6.07, 6.45) is 8.61. The second kappa shape index (κ2) is 7.07. The first-order valence-corrected chi connectivity index (χ1v) is 6.04. The number of allylic oxidation sites excluding steroid dienone is 1. The standard InChI is InChI=1S/C11H18O2S/c1-2-8-14-13-11-5-3-4-10(9-11)6-7-12/h2,7-8,10-11H,3-6,9H2,1H3/b8-2+. The highest BCUT2D eigenvalue weighted by molar-refractivity contribution is 7.97. The summed E-state index contributed by atoms with van der Waals surface area (Å²) in [5.41, 5.74) is 0. The van der Waals surface area contributed by atoms with Crippen LogP contribution in [0.5, 0.6) is 0 Å². The highest BCUT2D eigenvalue weighted by Gasteiger charge is 2.22. The molecule has 0 aromatic heterocycles.